The largest absolute Gasteiger partial charge is 0.494 e. The van der Waals surface area contributed by atoms with Crippen molar-refractivity contribution in [3.63, 3.8) is 0 Å². The lowest BCUT2D eigenvalue weighted by atomic mass is 10.2. The molecule has 0 aromatic heterocycles. The molecule has 0 spiro atoms. The highest BCUT2D eigenvalue weighted by Crippen LogP contribution is 2.17. The van der Waals surface area contributed by atoms with Crippen LogP contribution in [0.25, 0.3) is 0 Å². The Morgan fingerprint density at radius 2 is 2.19 bits per heavy atom. The molecule has 0 fully saturated rings. The Hall–Kier alpha value is -1.13. The van der Waals surface area contributed by atoms with E-state index in [1.807, 2.05) is 13.1 Å². The second kappa shape index (κ2) is 6.45. The third kappa shape index (κ3) is 3.79. The van der Waals surface area contributed by atoms with E-state index in [0.29, 0.717) is 12.6 Å². The SMILES string of the molecule is CNCC(C)NCc1ccc(OC)c(F)c1. The van der Waals surface area contributed by atoms with Crippen molar-refractivity contribution in [2.24, 2.45) is 0 Å². The fourth-order valence-electron chi connectivity index (χ4n) is 1.49. The highest BCUT2D eigenvalue weighted by Gasteiger charge is 2.04. The van der Waals surface area contributed by atoms with E-state index in [1.165, 1.54) is 13.2 Å². The van der Waals surface area contributed by atoms with Gasteiger partial charge < -0.3 is 15.4 Å². The predicted molar refractivity (Wildman–Crippen MR) is 63.2 cm³/mol. The molecule has 1 aromatic rings. The monoisotopic (exact) mass is 226 g/mol. The van der Waals surface area contributed by atoms with E-state index >= 15 is 0 Å². The van der Waals surface area contributed by atoms with Crippen LogP contribution < -0.4 is 15.4 Å². The van der Waals surface area contributed by atoms with Crippen LogP contribution in [0.15, 0.2) is 18.2 Å². The maximum absolute atomic E-state index is 13.4. The third-order valence-electron chi connectivity index (χ3n) is 2.38. The molecular weight excluding hydrogens is 207 g/mol. The van der Waals surface area contributed by atoms with Crippen LogP contribution in [0, 0.1) is 5.82 Å². The summed E-state index contributed by atoms with van der Waals surface area (Å²) in [7, 11) is 3.37. The maximum Gasteiger partial charge on any atom is 0.165 e. The lowest BCUT2D eigenvalue weighted by molar-refractivity contribution is 0.386. The Labute approximate surface area is 96.0 Å². The number of ether oxygens (including phenoxy) is 1. The van der Waals surface area contributed by atoms with Gasteiger partial charge in [0.05, 0.1) is 7.11 Å². The van der Waals surface area contributed by atoms with Gasteiger partial charge in [0.1, 0.15) is 0 Å². The van der Waals surface area contributed by atoms with Crippen molar-refractivity contribution >= 4 is 0 Å². The first-order valence-electron chi connectivity index (χ1n) is 5.37. The normalized spacial score (nSPS) is 12.5. The number of halogens is 1. The second-order valence-electron chi connectivity index (χ2n) is 3.81. The summed E-state index contributed by atoms with van der Waals surface area (Å²) < 4.78 is 18.2. The van der Waals surface area contributed by atoms with Gasteiger partial charge in [-0.1, -0.05) is 6.07 Å². The first kappa shape index (κ1) is 12.9. The van der Waals surface area contributed by atoms with Crippen molar-refractivity contribution in [3.8, 4) is 5.75 Å². The zero-order valence-corrected chi connectivity index (χ0v) is 10.0. The molecule has 3 nitrogen and oxygen atoms in total. The standard InChI is InChI=1S/C12H19FN2O/c1-9(7-14-2)15-8-10-4-5-12(16-3)11(13)6-10/h4-6,9,14-15H,7-8H2,1-3H3. The minimum atomic E-state index is -0.317. The van der Waals surface area contributed by atoms with Gasteiger partial charge >= 0.3 is 0 Å². The van der Waals surface area contributed by atoms with Crippen LogP contribution in [0.1, 0.15) is 12.5 Å². The summed E-state index contributed by atoms with van der Waals surface area (Å²) in [5.74, 6) is -0.0323. The minimum absolute atomic E-state index is 0.284. The van der Waals surface area contributed by atoms with Gasteiger partial charge in [0.15, 0.2) is 11.6 Å². The van der Waals surface area contributed by atoms with Crippen molar-refractivity contribution in [3.05, 3.63) is 29.6 Å². The Morgan fingerprint density at radius 1 is 1.44 bits per heavy atom. The van der Waals surface area contributed by atoms with Crippen LogP contribution in [0.5, 0.6) is 5.75 Å². The number of hydrogen-bond donors (Lipinski definition) is 2. The first-order valence-corrected chi connectivity index (χ1v) is 5.37. The lowest BCUT2D eigenvalue weighted by Gasteiger charge is -2.13. The molecule has 16 heavy (non-hydrogen) atoms. The molecule has 1 atom stereocenters. The fraction of sp³-hybridized carbons (Fsp3) is 0.500. The van der Waals surface area contributed by atoms with Crippen molar-refractivity contribution < 1.29 is 9.13 Å². The molecule has 90 valence electrons. The molecule has 2 N–H and O–H groups in total. The molecule has 0 heterocycles. The molecule has 0 amide bonds. The average molecular weight is 226 g/mol. The molecule has 0 bridgehead atoms. The molecule has 0 saturated carbocycles. The summed E-state index contributed by atoms with van der Waals surface area (Å²) in [4.78, 5) is 0. The number of hydrogen-bond acceptors (Lipinski definition) is 3. The zero-order chi connectivity index (χ0) is 12.0. The van der Waals surface area contributed by atoms with Crippen molar-refractivity contribution in [1.29, 1.82) is 0 Å². The Bertz CT molecular complexity index is 331. The van der Waals surface area contributed by atoms with Gasteiger partial charge in [-0.25, -0.2) is 4.39 Å². The van der Waals surface area contributed by atoms with Crippen LogP contribution in [-0.4, -0.2) is 26.7 Å². The van der Waals surface area contributed by atoms with E-state index in [2.05, 4.69) is 17.6 Å². The smallest absolute Gasteiger partial charge is 0.165 e. The number of methoxy groups -OCH3 is 1. The summed E-state index contributed by atoms with van der Waals surface area (Å²) in [6, 6.07) is 5.36. The molecule has 1 rings (SSSR count). The van der Waals surface area contributed by atoms with Gasteiger partial charge in [0.25, 0.3) is 0 Å². The topological polar surface area (TPSA) is 33.3 Å². The molecule has 0 aliphatic carbocycles. The van der Waals surface area contributed by atoms with Crippen LogP contribution in [0.2, 0.25) is 0 Å². The zero-order valence-electron chi connectivity index (χ0n) is 10.0. The Balaban J connectivity index is 2.51. The number of benzene rings is 1. The molecule has 0 saturated heterocycles. The second-order valence-corrected chi connectivity index (χ2v) is 3.81. The summed E-state index contributed by atoms with van der Waals surface area (Å²) in [6.07, 6.45) is 0. The van der Waals surface area contributed by atoms with E-state index < -0.39 is 0 Å². The highest BCUT2D eigenvalue weighted by atomic mass is 19.1. The van der Waals surface area contributed by atoms with E-state index in [1.54, 1.807) is 6.07 Å². The van der Waals surface area contributed by atoms with Gasteiger partial charge in [-0.05, 0) is 31.7 Å². The first-order chi connectivity index (χ1) is 7.67. The van der Waals surface area contributed by atoms with E-state index in [-0.39, 0.29) is 11.6 Å². The fourth-order valence-corrected chi connectivity index (χ4v) is 1.49. The van der Waals surface area contributed by atoms with E-state index in [9.17, 15) is 4.39 Å². The maximum atomic E-state index is 13.4. The van der Waals surface area contributed by atoms with Gasteiger partial charge in [-0.15, -0.1) is 0 Å². The third-order valence-corrected chi connectivity index (χ3v) is 2.38. The van der Waals surface area contributed by atoms with Crippen LogP contribution in [-0.2, 0) is 6.54 Å². The quantitative estimate of drug-likeness (QED) is 0.772. The Kier molecular flexibility index (Phi) is 5.22. The number of rotatable bonds is 6. The molecular formula is C12H19FN2O. The molecule has 4 heteroatoms. The minimum Gasteiger partial charge on any atom is -0.494 e. The van der Waals surface area contributed by atoms with Crippen molar-refractivity contribution in [1.82, 2.24) is 10.6 Å². The van der Waals surface area contributed by atoms with Gasteiger partial charge in [0, 0.05) is 19.1 Å². The van der Waals surface area contributed by atoms with Gasteiger partial charge in [-0.3, -0.25) is 0 Å². The van der Waals surface area contributed by atoms with Crippen LogP contribution in [0.3, 0.4) is 0 Å². The van der Waals surface area contributed by atoms with E-state index in [0.717, 1.165) is 12.1 Å². The Morgan fingerprint density at radius 3 is 2.75 bits per heavy atom. The summed E-state index contributed by atoms with van der Waals surface area (Å²) in [5, 5.41) is 6.37. The molecule has 0 aliphatic heterocycles. The predicted octanol–water partition coefficient (Wildman–Crippen LogP) is 1.53. The van der Waals surface area contributed by atoms with Gasteiger partial charge in [-0.2, -0.15) is 0 Å². The van der Waals surface area contributed by atoms with Crippen molar-refractivity contribution in [2.75, 3.05) is 20.7 Å². The number of nitrogens with one attached hydrogen (secondary N) is 2. The average Bonchev–Trinajstić information content (AvgIpc) is 2.27. The molecule has 1 unspecified atom stereocenters. The summed E-state index contributed by atoms with van der Waals surface area (Å²) >= 11 is 0. The highest BCUT2D eigenvalue weighted by molar-refractivity contribution is 5.29. The molecule has 0 radical (unpaired) electrons. The molecule has 0 aliphatic rings. The summed E-state index contributed by atoms with van der Waals surface area (Å²) in [6.45, 7) is 3.62. The van der Waals surface area contributed by atoms with Crippen LogP contribution in [0.4, 0.5) is 4.39 Å². The van der Waals surface area contributed by atoms with Crippen LogP contribution >= 0.6 is 0 Å². The van der Waals surface area contributed by atoms with E-state index in [4.69, 9.17) is 4.74 Å². The number of likely N-dealkylation sites (N-methyl/N-ethyl adjacent to an activating group) is 1. The summed E-state index contributed by atoms with van der Waals surface area (Å²) in [5.41, 5.74) is 0.918. The lowest BCUT2D eigenvalue weighted by Crippen LogP contribution is -2.34. The molecule has 1 aromatic carbocycles. The van der Waals surface area contributed by atoms with Crippen molar-refractivity contribution in [2.45, 2.75) is 19.5 Å². The van der Waals surface area contributed by atoms with Gasteiger partial charge in [0.2, 0.25) is 0 Å².